The first-order valence-corrected chi connectivity index (χ1v) is 11.1. The van der Waals surface area contributed by atoms with Gasteiger partial charge in [-0.25, -0.2) is 4.98 Å². The zero-order valence-electron chi connectivity index (χ0n) is 18.1. The number of quaternary nitrogens is 1. The number of likely N-dealkylation sites (N-methyl/N-ethyl adjacent to an activating group) is 1. The van der Waals surface area contributed by atoms with E-state index in [4.69, 9.17) is 0 Å². The van der Waals surface area contributed by atoms with Gasteiger partial charge in [-0.1, -0.05) is 23.3 Å². The summed E-state index contributed by atoms with van der Waals surface area (Å²) in [7, 11) is 2.23. The van der Waals surface area contributed by atoms with E-state index in [0.717, 1.165) is 29.9 Å². The number of azo groups is 1. The SMILES string of the molecule is CC1=C(C(=O)/N=N/c2cccc(C)n2)[N+]2(C)CCCC3c4cccc5[nH]cc(c45)C1[C@H]32. The first-order valence-electron chi connectivity index (χ1n) is 11.1. The van der Waals surface area contributed by atoms with E-state index in [-0.39, 0.29) is 11.8 Å². The highest BCUT2D eigenvalue weighted by Crippen LogP contribution is 2.58. The Hall–Kier alpha value is -3.12. The molecular weight excluding hydrogens is 386 g/mol. The number of benzene rings is 1. The normalized spacial score (nSPS) is 29.1. The molecule has 1 fully saturated rings. The molecule has 0 spiro atoms. The molecule has 6 heteroatoms. The number of hydrogen-bond acceptors (Lipinski definition) is 3. The molecule has 0 radical (unpaired) electrons. The number of pyridine rings is 1. The molecular formula is C25H26N5O+. The molecule has 4 heterocycles. The lowest BCUT2D eigenvalue weighted by atomic mass is 9.69. The zero-order chi connectivity index (χ0) is 21.3. The van der Waals surface area contributed by atoms with Gasteiger partial charge in [0.25, 0.3) is 0 Å². The molecule has 4 atom stereocenters. The van der Waals surface area contributed by atoms with Gasteiger partial charge in [0.2, 0.25) is 5.70 Å². The molecule has 3 unspecified atom stereocenters. The van der Waals surface area contributed by atoms with Crippen LogP contribution in [-0.4, -0.2) is 40.0 Å². The van der Waals surface area contributed by atoms with E-state index in [1.54, 1.807) is 6.07 Å². The highest BCUT2D eigenvalue weighted by Gasteiger charge is 2.60. The Kier molecular flexibility index (Phi) is 3.87. The Bertz CT molecular complexity index is 1300. The summed E-state index contributed by atoms with van der Waals surface area (Å²) in [5, 5.41) is 9.69. The lowest BCUT2D eigenvalue weighted by Gasteiger charge is -2.48. The van der Waals surface area contributed by atoms with Crippen molar-refractivity contribution in [3.63, 3.8) is 0 Å². The van der Waals surface area contributed by atoms with Crippen molar-refractivity contribution in [2.45, 2.75) is 44.6 Å². The van der Waals surface area contributed by atoms with Crippen LogP contribution in [0.5, 0.6) is 0 Å². The average Bonchev–Trinajstić information content (AvgIpc) is 3.28. The van der Waals surface area contributed by atoms with E-state index in [1.165, 1.54) is 28.5 Å². The standard InChI is InChI=1S/C25H26N5O/c1-14-7-4-11-20(27-14)28-29-25(31)23-15(2)21-18-13-26-19-10-5-8-16(22(18)19)17-9-6-12-30(23,3)24(17)21/h4-5,7-8,10-11,13,17,21,24,26H,6,9,12H2,1-3H3/q+1/b29-28+/t17?,21?,24-,30?/m0/s1. The second-order valence-corrected chi connectivity index (χ2v) is 9.40. The third kappa shape index (κ3) is 2.48. The van der Waals surface area contributed by atoms with Crippen molar-refractivity contribution >= 4 is 22.6 Å². The number of aryl methyl sites for hydroxylation is 1. The van der Waals surface area contributed by atoms with Gasteiger partial charge in [-0.2, -0.15) is 0 Å². The summed E-state index contributed by atoms with van der Waals surface area (Å²) in [5.41, 5.74) is 6.79. The number of rotatable bonds is 2. The fourth-order valence-electron chi connectivity index (χ4n) is 6.65. The number of carbonyl (C=O) groups excluding carboxylic acids is 1. The van der Waals surface area contributed by atoms with Gasteiger partial charge >= 0.3 is 5.91 Å². The van der Waals surface area contributed by atoms with Crippen LogP contribution in [0.4, 0.5) is 5.82 Å². The van der Waals surface area contributed by atoms with Crippen LogP contribution in [0.1, 0.15) is 48.4 Å². The molecule has 0 saturated carbocycles. The summed E-state index contributed by atoms with van der Waals surface area (Å²) < 4.78 is 0.654. The van der Waals surface area contributed by atoms with Crippen molar-refractivity contribution in [1.29, 1.82) is 0 Å². The number of aromatic amines is 1. The Morgan fingerprint density at radius 3 is 2.84 bits per heavy atom. The van der Waals surface area contributed by atoms with Crippen LogP contribution in [-0.2, 0) is 4.79 Å². The van der Waals surface area contributed by atoms with E-state index in [1.807, 2.05) is 19.1 Å². The summed E-state index contributed by atoms with van der Waals surface area (Å²) >= 11 is 0. The molecule has 156 valence electrons. The zero-order valence-corrected chi connectivity index (χ0v) is 18.1. The molecule has 6 rings (SSSR count). The molecule has 1 amide bonds. The highest BCUT2D eigenvalue weighted by atomic mass is 16.2. The van der Waals surface area contributed by atoms with Gasteiger partial charge in [0.05, 0.1) is 19.5 Å². The molecule has 3 aliphatic rings. The quantitative estimate of drug-likeness (QED) is 0.461. The van der Waals surface area contributed by atoms with E-state index < -0.39 is 0 Å². The van der Waals surface area contributed by atoms with Crippen molar-refractivity contribution in [2.24, 2.45) is 10.2 Å². The minimum absolute atomic E-state index is 0.228. The van der Waals surface area contributed by atoms with Gasteiger partial charge in [0.15, 0.2) is 5.82 Å². The van der Waals surface area contributed by atoms with E-state index in [2.05, 4.69) is 58.6 Å². The minimum Gasteiger partial charge on any atom is -0.361 e. The minimum atomic E-state index is -0.228. The molecule has 6 nitrogen and oxygen atoms in total. The van der Waals surface area contributed by atoms with Gasteiger partial charge in [0.1, 0.15) is 6.04 Å². The van der Waals surface area contributed by atoms with Gasteiger partial charge in [-0.05, 0) is 56.0 Å². The molecule has 2 aliphatic heterocycles. The summed E-state index contributed by atoms with van der Waals surface area (Å²) in [6.45, 7) is 5.00. The van der Waals surface area contributed by atoms with Crippen LogP contribution in [0.15, 0.2) is 64.1 Å². The van der Waals surface area contributed by atoms with Crippen molar-refractivity contribution in [1.82, 2.24) is 9.97 Å². The largest absolute Gasteiger partial charge is 0.361 e. The fraction of sp³-hybridized carbons (Fsp3) is 0.360. The van der Waals surface area contributed by atoms with Gasteiger partial charge < -0.3 is 4.98 Å². The topological polar surface area (TPSA) is 70.5 Å². The summed E-state index contributed by atoms with van der Waals surface area (Å²) in [6.07, 6.45) is 4.42. The molecule has 31 heavy (non-hydrogen) atoms. The third-order valence-corrected chi connectivity index (χ3v) is 7.72. The predicted molar refractivity (Wildman–Crippen MR) is 119 cm³/mol. The van der Waals surface area contributed by atoms with E-state index >= 15 is 0 Å². The van der Waals surface area contributed by atoms with Crippen LogP contribution in [0.3, 0.4) is 0 Å². The number of nitrogens with one attached hydrogen (secondary N) is 1. The lowest BCUT2D eigenvalue weighted by molar-refractivity contribution is -0.895. The molecule has 3 aromatic rings. The van der Waals surface area contributed by atoms with E-state index in [9.17, 15) is 4.79 Å². The van der Waals surface area contributed by atoms with Crippen molar-refractivity contribution in [3.05, 3.63) is 70.7 Å². The monoisotopic (exact) mass is 412 g/mol. The second kappa shape index (κ2) is 6.44. The maximum Gasteiger partial charge on any atom is 0.349 e. The number of aromatic nitrogens is 2. The highest BCUT2D eigenvalue weighted by molar-refractivity contribution is 5.95. The maximum absolute atomic E-state index is 13.4. The molecule has 1 N–H and O–H groups in total. The average molecular weight is 413 g/mol. The Morgan fingerprint density at radius 2 is 2.00 bits per heavy atom. The Labute approximate surface area is 181 Å². The third-order valence-electron chi connectivity index (χ3n) is 7.72. The van der Waals surface area contributed by atoms with Crippen LogP contribution in [0, 0.1) is 6.92 Å². The predicted octanol–water partition coefficient (Wildman–Crippen LogP) is 5.26. The molecule has 0 bridgehead atoms. The summed E-state index contributed by atoms with van der Waals surface area (Å²) in [5.74, 6) is 0.937. The van der Waals surface area contributed by atoms with Gasteiger partial charge in [-0.3, -0.25) is 9.28 Å². The van der Waals surface area contributed by atoms with Crippen LogP contribution in [0.25, 0.3) is 10.9 Å². The van der Waals surface area contributed by atoms with E-state index in [0.29, 0.717) is 22.3 Å². The van der Waals surface area contributed by atoms with Crippen molar-refractivity contribution < 1.29 is 9.28 Å². The Balaban J connectivity index is 1.48. The summed E-state index contributed by atoms with van der Waals surface area (Å²) in [4.78, 5) is 21.3. The summed E-state index contributed by atoms with van der Waals surface area (Å²) in [6, 6.07) is 12.5. The molecule has 1 saturated heterocycles. The van der Waals surface area contributed by atoms with Crippen LogP contribution >= 0.6 is 0 Å². The number of H-pyrrole nitrogens is 1. The Morgan fingerprint density at radius 1 is 1.16 bits per heavy atom. The second-order valence-electron chi connectivity index (χ2n) is 9.40. The van der Waals surface area contributed by atoms with Gasteiger partial charge in [-0.15, -0.1) is 5.11 Å². The number of carbonyl (C=O) groups is 1. The van der Waals surface area contributed by atoms with Gasteiger partial charge in [0, 0.05) is 34.3 Å². The van der Waals surface area contributed by atoms with Crippen LogP contribution in [0.2, 0.25) is 0 Å². The first-order chi connectivity index (χ1) is 15.0. The molecule has 1 aromatic carbocycles. The number of nitrogens with zero attached hydrogens (tertiary/aromatic N) is 4. The number of hydrogen-bond donors (Lipinski definition) is 1. The number of piperidine rings is 1. The smallest absolute Gasteiger partial charge is 0.349 e. The first kappa shape index (κ1) is 18.6. The maximum atomic E-state index is 13.4. The van der Waals surface area contributed by atoms with Crippen molar-refractivity contribution in [2.75, 3.05) is 13.6 Å². The lowest BCUT2D eigenvalue weighted by Crippen LogP contribution is -2.57. The number of fused-ring (bicyclic) bond motifs is 2. The molecule has 2 aromatic heterocycles. The molecule has 1 aliphatic carbocycles. The van der Waals surface area contributed by atoms with Crippen molar-refractivity contribution in [3.8, 4) is 0 Å². The number of amides is 1. The van der Waals surface area contributed by atoms with Crippen LogP contribution < -0.4 is 0 Å². The fourth-order valence-corrected chi connectivity index (χ4v) is 6.65.